The molecule has 0 atom stereocenters. The van der Waals surface area contributed by atoms with Crippen LogP contribution in [0.1, 0.15) is 10.5 Å². The van der Waals surface area contributed by atoms with Crippen LogP contribution in [0.4, 0.5) is 5.82 Å². The van der Waals surface area contributed by atoms with Crippen LogP contribution >= 0.6 is 11.6 Å². The minimum atomic E-state index is 0.445. The standard InChI is InChI=1S/C17H15ClN4O2/c18-14-8-15-13(16(10-23)21-20-15)7-12(14)11-1-2-17(19-9-11)22-3-5-24-6-4-22/h1-2,7-10H,3-6H2,(H,20,21). The van der Waals surface area contributed by atoms with E-state index in [4.69, 9.17) is 16.3 Å². The molecule has 6 nitrogen and oxygen atoms in total. The van der Waals surface area contributed by atoms with E-state index in [1.807, 2.05) is 18.2 Å². The van der Waals surface area contributed by atoms with Crippen molar-refractivity contribution in [3.63, 3.8) is 0 Å². The molecule has 1 N–H and O–H groups in total. The number of nitrogens with one attached hydrogen (secondary N) is 1. The van der Waals surface area contributed by atoms with Gasteiger partial charge in [-0.05, 0) is 24.3 Å². The lowest BCUT2D eigenvalue weighted by Gasteiger charge is -2.27. The number of ether oxygens (including phenoxy) is 1. The van der Waals surface area contributed by atoms with Gasteiger partial charge in [-0.15, -0.1) is 0 Å². The van der Waals surface area contributed by atoms with Gasteiger partial charge in [-0.3, -0.25) is 9.89 Å². The minimum absolute atomic E-state index is 0.445. The molecule has 7 heteroatoms. The van der Waals surface area contributed by atoms with E-state index < -0.39 is 0 Å². The Labute approximate surface area is 143 Å². The van der Waals surface area contributed by atoms with Gasteiger partial charge in [0, 0.05) is 35.8 Å². The smallest absolute Gasteiger partial charge is 0.168 e. The number of fused-ring (bicyclic) bond motifs is 1. The second-order valence-electron chi connectivity index (χ2n) is 5.61. The van der Waals surface area contributed by atoms with E-state index in [2.05, 4.69) is 20.1 Å². The highest BCUT2D eigenvalue weighted by molar-refractivity contribution is 6.34. The third-order valence-electron chi connectivity index (χ3n) is 4.18. The average molecular weight is 343 g/mol. The number of hydrogen-bond donors (Lipinski definition) is 1. The quantitative estimate of drug-likeness (QED) is 0.741. The molecule has 24 heavy (non-hydrogen) atoms. The zero-order valence-corrected chi connectivity index (χ0v) is 13.6. The third kappa shape index (κ3) is 2.64. The first-order valence-corrected chi connectivity index (χ1v) is 8.06. The Morgan fingerprint density at radius 3 is 2.79 bits per heavy atom. The Morgan fingerprint density at radius 1 is 1.25 bits per heavy atom. The minimum Gasteiger partial charge on any atom is -0.378 e. The molecule has 0 radical (unpaired) electrons. The number of aldehydes is 1. The summed E-state index contributed by atoms with van der Waals surface area (Å²) < 4.78 is 5.36. The summed E-state index contributed by atoms with van der Waals surface area (Å²) in [6.45, 7) is 3.13. The van der Waals surface area contributed by atoms with Crippen LogP contribution in [0.3, 0.4) is 0 Å². The molecule has 3 aromatic rings. The largest absolute Gasteiger partial charge is 0.378 e. The van der Waals surface area contributed by atoms with E-state index >= 15 is 0 Å². The van der Waals surface area contributed by atoms with Crippen LogP contribution in [0.5, 0.6) is 0 Å². The number of halogens is 1. The second kappa shape index (κ2) is 6.22. The highest BCUT2D eigenvalue weighted by Gasteiger charge is 2.14. The van der Waals surface area contributed by atoms with Crippen molar-refractivity contribution in [3.8, 4) is 11.1 Å². The molecule has 1 aromatic carbocycles. The highest BCUT2D eigenvalue weighted by Crippen LogP contribution is 2.32. The summed E-state index contributed by atoms with van der Waals surface area (Å²) in [7, 11) is 0. The van der Waals surface area contributed by atoms with Crippen molar-refractivity contribution in [1.29, 1.82) is 0 Å². The van der Waals surface area contributed by atoms with Crippen LogP contribution in [0, 0.1) is 0 Å². The van der Waals surface area contributed by atoms with E-state index in [9.17, 15) is 4.79 Å². The lowest BCUT2D eigenvalue weighted by atomic mass is 10.0. The predicted octanol–water partition coefficient (Wildman–Crippen LogP) is 2.93. The molecular formula is C17H15ClN4O2. The van der Waals surface area contributed by atoms with Gasteiger partial charge in [0.2, 0.25) is 0 Å². The fourth-order valence-corrected chi connectivity index (χ4v) is 3.15. The van der Waals surface area contributed by atoms with Crippen molar-refractivity contribution in [2.24, 2.45) is 0 Å². The van der Waals surface area contributed by atoms with Crippen LogP contribution in [-0.4, -0.2) is 47.8 Å². The van der Waals surface area contributed by atoms with Crippen molar-refractivity contribution >= 4 is 34.6 Å². The number of anilines is 1. The fourth-order valence-electron chi connectivity index (χ4n) is 2.89. The van der Waals surface area contributed by atoms with Gasteiger partial charge in [0.25, 0.3) is 0 Å². The van der Waals surface area contributed by atoms with E-state index in [1.165, 1.54) is 0 Å². The Hall–Kier alpha value is -2.44. The van der Waals surface area contributed by atoms with Gasteiger partial charge in [-0.2, -0.15) is 5.10 Å². The van der Waals surface area contributed by atoms with Crippen LogP contribution in [-0.2, 0) is 4.74 Å². The summed E-state index contributed by atoms with van der Waals surface area (Å²) in [5, 5.41) is 8.12. The summed E-state index contributed by atoms with van der Waals surface area (Å²) >= 11 is 6.38. The number of carbonyl (C=O) groups is 1. The molecule has 4 rings (SSSR count). The zero-order valence-electron chi connectivity index (χ0n) is 12.8. The first kappa shape index (κ1) is 15.1. The maximum absolute atomic E-state index is 11.1. The number of morpholine rings is 1. The average Bonchev–Trinajstić information content (AvgIpc) is 3.03. The number of aromatic amines is 1. The molecule has 0 bridgehead atoms. The molecule has 0 saturated carbocycles. The number of aromatic nitrogens is 3. The van der Waals surface area contributed by atoms with Crippen molar-refractivity contribution in [3.05, 3.63) is 41.2 Å². The summed E-state index contributed by atoms with van der Waals surface area (Å²) in [6.07, 6.45) is 2.56. The maximum atomic E-state index is 11.1. The van der Waals surface area contributed by atoms with Crippen LogP contribution in [0.15, 0.2) is 30.5 Å². The van der Waals surface area contributed by atoms with Crippen molar-refractivity contribution < 1.29 is 9.53 Å². The Bertz CT molecular complexity index is 885. The van der Waals surface area contributed by atoms with E-state index in [-0.39, 0.29) is 0 Å². The van der Waals surface area contributed by atoms with Gasteiger partial charge in [-0.25, -0.2) is 4.98 Å². The molecule has 0 spiro atoms. The van der Waals surface area contributed by atoms with Crippen molar-refractivity contribution in [2.75, 3.05) is 31.2 Å². The van der Waals surface area contributed by atoms with E-state index in [1.54, 1.807) is 12.3 Å². The highest BCUT2D eigenvalue weighted by atomic mass is 35.5. The first-order chi connectivity index (χ1) is 11.8. The lowest BCUT2D eigenvalue weighted by molar-refractivity contribution is 0.112. The maximum Gasteiger partial charge on any atom is 0.168 e. The Kier molecular flexibility index (Phi) is 3.92. The van der Waals surface area contributed by atoms with E-state index in [0.717, 1.165) is 54.9 Å². The number of nitrogens with zero attached hydrogens (tertiary/aromatic N) is 3. The molecule has 1 fully saturated rings. The topological polar surface area (TPSA) is 71.1 Å². The van der Waals surface area contributed by atoms with Gasteiger partial charge in [-0.1, -0.05) is 11.6 Å². The number of H-pyrrole nitrogens is 1. The summed E-state index contributed by atoms with van der Waals surface area (Å²) in [6, 6.07) is 7.60. The number of benzene rings is 1. The SMILES string of the molecule is O=Cc1[nH]nc2cc(Cl)c(-c3ccc(N4CCOCC4)nc3)cc12. The second-order valence-corrected chi connectivity index (χ2v) is 6.02. The molecular weight excluding hydrogens is 328 g/mol. The van der Waals surface area contributed by atoms with Crippen molar-refractivity contribution in [2.45, 2.75) is 0 Å². The summed E-state index contributed by atoms with van der Waals surface area (Å²) in [5.41, 5.74) is 2.84. The van der Waals surface area contributed by atoms with Gasteiger partial charge in [0.1, 0.15) is 11.5 Å². The number of carbonyl (C=O) groups excluding carboxylic acids is 1. The summed E-state index contributed by atoms with van der Waals surface area (Å²) in [5.74, 6) is 0.927. The van der Waals surface area contributed by atoms with Gasteiger partial charge in [0.15, 0.2) is 6.29 Å². The zero-order chi connectivity index (χ0) is 16.5. The molecule has 1 aliphatic rings. The molecule has 0 unspecified atom stereocenters. The van der Waals surface area contributed by atoms with Gasteiger partial charge < -0.3 is 9.64 Å². The Morgan fingerprint density at radius 2 is 2.08 bits per heavy atom. The van der Waals surface area contributed by atoms with Gasteiger partial charge in [0.05, 0.1) is 23.8 Å². The molecule has 2 aromatic heterocycles. The fraction of sp³-hybridized carbons (Fsp3) is 0.235. The third-order valence-corrected chi connectivity index (χ3v) is 4.50. The molecule has 1 saturated heterocycles. The molecule has 122 valence electrons. The molecule has 0 amide bonds. The first-order valence-electron chi connectivity index (χ1n) is 7.68. The molecule has 0 aliphatic carbocycles. The van der Waals surface area contributed by atoms with E-state index in [0.29, 0.717) is 16.2 Å². The molecule has 3 heterocycles. The lowest BCUT2D eigenvalue weighted by Crippen LogP contribution is -2.36. The number of hydrogen-bond acceptors (Lipinski definition) is 5. The summed E-state index contributed by atoms with van der Waals surface area (Å²) in [4.78, 5) is 17.8. The van der Waals surface area contributed by atoms with Crippen LogP contribution in [0.25, 0.3) is 22.0 Å². The van der Waals surface area contributed by atoms with Crippen LogP contribution < -0.4 is 4.90 Å². The normalized spacial score (nSPS) is 15.0. The van der Waals surface area contributed by atoms with Crippen molar-refractivity contribution in [1.82, 2.24) is 15.2 Å². The number of pyridine rings is 1. The predicted molar refractivity (Wildman–Crippen MR) is 92.8 cm³/mol. The monoisotopic (exact) mass is 342 g/mol. The Balaban J connectivity index is 1.71. The van der Waals surface area contributed by atoms with Gasteiger partial charge >= 0.3 is 0 Å². The molecule has 1 aliphatic heterocycles. The number of rotatable bonds is 3. The van der Waals surface area contributed by atoms with Crippen LogP contribution in [0.2, 0.25) is 5.02 Å².